The van der Waals surface area contributed by atoms with Crippen LogP contribution in [-0.4, -0.2) is 24.7 Å². The van der Waals surface area contributed by atoms with Crippen LogP contribution < -0.4 is 19.5 Å². The minimum atomic E-state index is -0.726. The predicted molar refractivity (Wildman–Crippen MR) is 99.7 cm³/mol. The van der Waals surface area contributed by atoms with Gasteiger partial charge in [-0.25, -0.2) is 4.39 Å². The van der Waals surface area contributed by atoms with E-state index in [1.54, 1.807) is 14.0 Å². The van der Waals surface area contributed by atoms with Crippen molar-refractivity contribution in [2.75, 3.05) is 7.11 Å². The van der Waals surface area contributed by atoms with Gasteiger partial charge in [0.25, 0.3) is 5.91 Å². The van der Waals surface area contributed by atoms with Gasteiger partial charge in [0, 0.05) is 12.0 Å². The fourth-order valence-electron chi connectivity index (χ4n) is 3.15. The number of halogens is 1. The second kappa shape index (κ2) is 7.47. The van der Waals surface area contributed by atoms with Crippen LogP contribution >= 0.6 is 0 Å². The number of benzene rings is 2. The molecule has 1 aliphatic rings. The molecule has 2 aromatic carbocycles. The van der Waals surface area contributed by atoms with Crippen LogP contribution in [0, 0.1) is 5.82 Å². The van der Waals surface area contributed by atoms with Crippen molar-refractivity contribution in [2.24, 2.45) is 0 Å². The Balaban J connectivity index is 1.75. The van der Waals surface area contributed by atoms with Crippen molar-refractivity contribution in [1.29, 1.82) is 0 Å². The Kier molecular flexibility index (Phi) is 5.26. The van der Waals surface area contributed by atoms with Crippen LogP contribution in [0.1, 0.15) is 38.8 Å². The Morgan fingerprint density at radius 3 is 2.56 bits per heavy atom. The molecule has 0 aromatic heterocycles. The molecular weight excluding hydrogens is 349 g/mol. The summed E-state index contributed by atoms with van der Waals surface area (Å²) < 4.78 is 30.0. The average molecular weight is 373 g/mol. The molecule has 3 rings (SSSR count). The van der Waals surface area contributed by atoms with Crippen molar-refractivity contribution >= 4 is 5.91 Å². The van der Waals surface area contributed by atoms with E-state index in [-0.39, 0.29) is 17.8 Å². The molecule has 1 amide bonds. The van der Waals surface area contributed by atoms with Crippen molar-refractivity contribution < 1.29 is 23.4 Å². The molecule has 27 heavy (non-hydrogen) atoms. The molecule has 1 aliphatic heterocycles. The Bertz CT molecular complexity index is 819. The molecule has 5 nitrogen and oxygen atoms in total. The second-order valence-electron chi connectivity index (χ2n) is 7.24. The molecule has 0 spiro atoms. The molecule has 0 aliphatic carbocycles. The third-order valence-corrected chi connectivity index (χ3v) is 4.49. The lowest BCUT2D eigenvalue weighted by Crippen LogP contribution is -2.44. The summed E-state index contributed by atoms with van der Waals surface area (Å²) in [6, 6.07) is 10.9. The number of hydrogen-bond donors (Lipinski definition) is 1. The lowest BCUT2D eigenvalue weighted by Gasteiger charge is -2.38. The van der Waals surface area contributed by atoms with Crippen molar-refractivity contribution in [3.05, 3.63) is 53.8 Å². The van der Waals surface area contributed by atoms with Gasteiger partial charge < -0.3 is 19.5 Å². The van der Waals surface area contributed by atoms with E-state index in [9.17, 15) is 9.18 Å². The van der Waals surface area contributed by atoms with Gasteiger partial charge in [0.15, 0.2) is 6.10 Å². The minimum absolute atomic E-state index is 0.231. The largest absolute Gasteiger partial charge is 0.497 e. The highest BCUT2D eigenvalue weighted by molar-refractivity contribution is 5.81. The number of ether oxygens (including phenoxy) is 3. The molecule has 2 atom stereocenters. The number of hydrogen-bond acceptors (Lipinski definition) is 4. The third-order valence-electron chi connectivity index (χ3n) is 4.49. The molecule has 0 fully saturated rings. The quantitative estimate of drug-likeness (QED) is 0.860. The lowest BCUT2D eigenvalue weighted by atomic mass is 9.89. The molecule has 0 radical (unpaired) electrons. The first kappa shape index (κ1) is 19.0. The minimum Gasteiger partial charge on any atom is -0.497 e. The van der Waals surface area contributed by atoms with Gasteiger partial charge in [-0.15, -0.1) is 0 Å². The third kappa shape index (κ3) is 4.51. The Morgan fingerprint density at radius 2 is 1.89 bits per heavy atom. The van der Waals surface area contributed by atoms with Gasteiger partial charge in [0.05, 0.1) is 13.2 Å². The fourth-order valence-corrected chi connectivity index (χ4v) is 3.15. The van der Waals surface area contributed by atoms with E-state index in [1.165, 1.54) is 24.3 Å². The van der Waals surface area contributed by atoms with Gasteiger partial charge in [-0.3, -0.25) is 4.79 Å². The molecule has 1 N–H and O–H groups in total. The van der Waals surface area contributed by atoms with E-state index in [0.717, 1.165) is 11.3 Å². The number of carbonyl (C=O) groups excluding carboxylic acids is 1. The van der Waals surface area contributed by atoms with E-state index < -0.39 is 11.7 Å². The Labute approximate surface area is 158 Å². The Hall–Kier alpha value is -2.76. The van der Waals surface area contributed by atoms with Gasteiger partial charge in [-0.2, -0.15) is 0 Å². The smallest absolute Gasteiger partial charge is 0.261 e. The number of carbonyl (C=O) groups is 1. The summed E-state index contributed by atoms with van der Waals surface area (Å²) in [6.45, 7) is 5.63. The monoisotopic (exact) mass is 373 g/mol. The zero-order valence-electron chi connectivity index (χ0n) is 15.9. The molecule has 2 aromatic rings. The van der Waals surface area contributed by atoms with E-state index in [1.807, 2.05) is 32.0 Å². The predicted octanol–water partition coefficient (Wildman–Crippen LogP) is 4.02. The standard InChI is InChI=1S/C21H24FNO4/c1-13(26-15-7-5-14(22)6-8-15)20(24)23-18-12-21(2,3)27-19-10-9-16(25-4)11-17(18)19/h5-11,13,18H,12H2,1-4H3,(H,23,24)/t13-,18+/m0/s1. The van der Waals surface area contributed by atoms with Crippen LogP contribution in [0.15, 0.2) is 42.5 Å². The van der Waals surface area contributed by atoms with E-state index in [2.05, 4.69) is 5.32 Å². The maximum atomic E-state index is 13.0. The highest BCUT2D eigenvalue weighted by Gasteiger charge is 2.35. The number of rotatable bonds is 5. The molecule has 6 heteroatoms. The summed E-state index contributed by atoms with van der Waals surface area (Å²) in [5.74, 6) is 1.26. The zero-order valence-corrected chi connectivity index (χ0v) is 15.9. The first-order chi connectivity index (χ1) is 12.8. The molecule has 1 heterocycles. The van der Waals surface area contributed by atoms with E-state index in [4.69, 9.17) is 14.2 Å². The second-order valence-corrected chi connectivity index (χ2v) is 7.24. The van der Waals surface area contributed by atoms with Crippen LogP contribution in [0.25, 0.3) is 0 Å². The maximum Gasteiger partial charge on any atom is 0.261 e. The van der Waals surface area contributed by atoms with Crippen molar-refractivity contribution in [2.45, 2.75) is 44.9 Å². The molecule has 0 bridgehead atoms. The summed E-state index contributed by atoms with van der Waals surface area (Å²) in [5, 5.41) is 3.04. The van der Waals surface area contributed by atoms with Crippen molar-refractivity contribution in [3.63, 3.8) is 0 Å². The zero-order chi connectivity index (χ0) is 19.6. The van der Waals surface area contributed by atoms with Gasteiger partial charge >= 0.3 is 0 Å². The fraction of sp³-hybridized carbons (Fsp3) is 0.381. The van der Waals surface area contributed by atoms with E-state index >= 15 is 0 Å². The normalized spacial score (nSPS) is 18.6. The molecule has 0 saturated carbocycles. The van der Waals surface area contributed by atoms with Crippen molar-refractivity contribution in [3.8, 4) is 17.2 Å². The van der Waals surface area contributed by atoms with Gasteiger partial charge in [0.1, 0.15) is 28.7 Å². The SMILES string of the molecule is COc1ccc2c(c1)[C@H](NC(=O)[C@H](C)Oc1ccc(F)cc1)CC(C)(C)O2. The lowest BCUT2D eigenvalue weighted by molar-refractivity contribution is -0.128. The highest BCUT2D eigenvalue weighted by Crippen LogP contribution is 2.41. The number of amides is 1. The topological polar surface area (TPSA) is 56.8 Å². The Morgan fingerprint density at radius 1 is 1.22 bits per heavy atom. The average Bonchev–Trinajstić information content (AvgIpc) is 2.62. The van der Waals surface area contributed by atoms with Crippen LogP contribution in [0.2, 0.25) is 0 Å². The summed E-state index contributed by atoms with van der Waals surface area (Å²) in [7, 11) is 1.60. The van der Waals surface area contributed by atoms with Crippen LogP contribution in [0.4, 0.5) is 4.39 Å². The molecule has 0 unspecified atom stereocenters. The summed E-state index contributed by atoms with van der Waals surface area (Å²) in [6.07, 6.45) is -0.113. The molecule has 0 saturated heterocycles. The first-order valence-electron chi connectivity index (χ1n) is 8.87. The van der Waals surface area contributed by atoms with Gasteiger partial charge in [-0.05, 0) is 63.2 Å². The van der Waals surface area contributed by atoms with Crippen molar-refractivity contribution in [1.82, 2.24) is 5.32 Å². The first-order valence-corrected chi connectivity index (χ1v) is 8.87. The van der Waals surface area contributed by atoms with Gasteiger partial charge in [-0.1, -0.05) is 0 Å². The summed E-state index contributed by atoms with van der Waals surface area (Å²) >= 11 is 0. The number of methoxy groups -OCH3 is 1. The maximum absolute atomic E-state index is 13.0. The van der Waals surface area contributed by atoms with Crippen LogP contribution in [0.3, 0.4) is 0 Å². The molecular formula is C21H24FNO4. The summed E-state index contributed by atoms with van der Waals surface area (Å²) in [5.41, 5.74) is 0.455. The van der Waals surface area contributed by atoms with E-state index in [0.29, 0.717) is 17.9 Å². The van der Waals surface area contributed by atoms with Crippen LogP contribution in [-0.2, 0) is 4.79 Å². The van der Waals surface area contributed by atoms with Gasteiger partial charge in [0.2, 0.25) is 0 Å². The molecule has 144 valence electrons. The number of nitrogens with one attached hydrogen (secondary N) is 1. The van der Waals surface area contributed by atoms with Crippen LogP contribution in [0.5, 0.6) is 17.2 Å². The highest BCUT2D eigenvalue weighted by atomic mass is 19.1. The summed E-state index contributed by atoms with van der Waals surface area (Å²) in [4.78, 5) is 12.7. The number of fused-ring (bicyclic) bond motifs is 1.